The molecule has 0 bridgehead atoms. The number of aromatic nitrogens is 1. The number of methoxy groups -OCH3 is 1. The molecule has 2 heterocycles. The zero-order valence-electron chi connectivity index (χ0n) is 15.1. The van der Waals surface area contributed by atoms with Crippen LogP contribution in [0, 0.1) is 0 Å². The summed E-state index contributed by atoms with van der Waals surface area (Å²) in [5.74, 6) is -0.0450. The molecule has 0 fully saturated rings. The molecular formula is C21H21ClN2O2S. The molecule has 2 aromatic heterocycles. The van der Waals surface area contributed by atoms with E-state index in [0.717, 1.165) is 26.9 Å². The number of amides is 1. The number of thiophene rings is 1. The van der Waals surface area contributed by atoms with Crippen LogP contribution in [0.25, 0.3) is 16.2 Å². The largest absolute Gasteiger partial charge is 0.385 e. The standard InChI is InChI=1S/C21H21ClN2O2S/c1-26-14-4-13-24(15-16-9-11-23-12-10-16)20(25)8-7-19-21(22)17-5-2-3-6-18(17)27-19/h2-3,5-12H,4,13-15H2,1H3. The first kappa shape index (κ1) is 19.5. The minimum atomic E-state index is -0.0450. The molecule has 3 aromatic rings. The van der Waals surface area contributed by atoms with Gasteiger partial charge in [-0.25, -0.2) is 0 Å². The van der Waals surface area contributed by atoms with Crippen LogP contribution < -0.4 is 0 Å². The molecule has 140 valence electrons. The van der Waals surface area contributed by atoms with Crippen molar-refractivity contribution < 1.29 is 9.53 Å². The second-order valence-electron chi connectivity index (χ2n) is 6.07. The van der Waals surface area contributed by atoms with Crippen LogP contribution in [0.5, 0.6) is 0 Å². The van der Waals surface area contributed by atoms with Crippen molar-refractivity contribution in [2.24, 2.45) is 0 Å². The zero-order valence-corrected chi connectivity index (χ0v) is 16.7. The number of carbonyl (C=O) groups excluding carboxylic acids is 1. The van der Waals surface area contributed by atoms with Crippen LogP contribution >= 0.6 is 22.9 Å². The Morgan fingerprint density at radius 1 is 1.26 bits per heavy atom. The highest BCUT2D eigenvalue weighted by Crippen LogP contribution is 2.35. The first-order valence-electron chi connectivity index (χ1n) is 8.71. The van der Waals surface area contributed by atoms with E-state index in [4.69, 9.17) is 16.3 Å². The maximum atomic E-state index is 12.8. The third-order valence-electron chi connectivity index (χ3n) is 4.15. The Hall–Kier alpha value is -2.21. The predicted molar refractivity (Wildman–Crippen MR) is 112 cm³/mol. The van der Waals surface area contributed by atoms with E-state index in [9.17, 15) is 4.79 Å². The van der Waals surface area contributed by atoms with E-state index in [0.29, 0.717) is 24.7 Å². The average Bonchev–Trinajstić information content (AvgIpc) is 3.02. The second kappa shape index (κ2) is 9.65. The number of halogens is 1. The fourth-order valence-corrected chi connectivity index (χ4v) is 4.17. The summed E-state index contributed by atoms with van der Waals surface area (Å²) in [6, 6.07) is 11.8. The van der Waals surface area contributed by atoms with Crippen molar-refractivity contribution in [2.75, 3.05) is 20.3 Å². The van der Waals surface area contributed by atoms with Gasteiger partial charge in [0, 0.05) is 60.2 Å². The fourth-order valence-electron chi connectivity index (χ4n) is 2.77. The lowest BCUT2D eigenvalue weighted by atomic mass is 10.2. The molecule has 1 amide bonds. The van der Waals surface area contributed by atoms with Crippen molar-refractivity contribution in [3.05, 3.63) is 70.3 Å². The molecule has 3 rings (SSSR count). The molecule has 0 saturated heterocycles. The molecule has 0 aliphatic heterocycles. The van der Waals surface area contributed by atoms with Crippen LogP contribution in [0.4, 0.5) is 0 Å². The van der Waals surface area contributed by atoms with Crippen LogP contribution in [0.15, 0.2) is 54.9 Å². The SMILES string of the molecule is COCCCN(Cc1ccncc1)C(=O)C=Cc1sc2ccccc2c1Cl. The molecule has 1 aromatic carbocycles. The monoisotopic (exact) mass is 400 g/mol. The highest BCUT2D eigenvalue weighted by molar-refractivity contribution is 7.20. The third-order valence-corrected chi connectivity index (χ3v) is 5.80. The molecule has 0 N–H and O–H groups in total. The Bertz CT molecular complexity index is 924. The average molecular weight is 401 g/mol. The molecule has 0 aliphatic carbocycles. The quantitative estimate of drug-likeness (QED) is 0.393. The molecule has 27 heavy (non-hydrogen) atoms. The first-order valence-corrected chi connectivity index (χ1v) is 9.90. The minimum absolute atomic E-state index is 0.0450. The van der Waals surface area contributed by atoms with E-state index in [2.05, 4.69) is 4.98 Å². The van der Waals surface area contributed by atoms with E-state index in [1.165, 1.54) is 0 Å². The van der Waals surface area contributed by atoms with Gasteiger partial charge < -0.3 is 9.64 Å². The van der Waals surface area contributed by atoms with Crippen LogP contribution in [0.3, 0.4) is 0 Å². The minimum Gasteiger partial charge on any atom is -0.385 e. The predicted octanol–water partition coefficient (Wildman–Crippen LogP) is 5.03. The second-order valence-corrected chi connectivity index (χ2v) is 7.53. The number of fused-ring (bicyclic) bond motifs is 1. The summed E-state index contributed by atoms with van der Waals surface area (Å²) < 4.78 is 6.23. The summed E-state index contributed by atoms with van der Waals surface area (Å²) in [6.07, 6.45) is 7.67. The maximum absolute atomic E-state index is 12.8. The van der Waals surface area contributed by atoms with Gasteiger partial charge >= 0.3 is 0 Å². The number of hydrogen-bond acceptors (Lipinski definition) is 4. The fraction of sp³-hybridized carbons (Fsp3) is 0.238. The van der Waals surface area contributed by atoms with Crippen molar-refractivity contribution in [1.82, 2.24) is 9.88 Å². The van der Waals surface area contributed by atoms with Gasteiger partial charge in [-0.3, -0.25) is 9.78 Å². The summed E-state index contributed by atoms with van der Waals surface area (Å²) >= 11 is 8.05. The van der Waals surface area contributed by atoms with Crippen molar-refractivity contribution in [2.45, 2.75) is 13.0 Å². The molecule has 0 radical (unpaired) electrons. The molecule has 0 unspecified atom stereocenters. The lowest BCUT2D eigenvalue weighted by molar-refractivity contribution is -0.126. The van der Waals surface area contributed by atoms with Gasteiger partial charge in [-0.15, -0.1) is 11.3 Å². The summed E-state index contributed by atoms with van der Waals surface area (Å²) in [5, 5.41) is 1.71. The third kappa shape index (κ3) is 5.16. The van der Waals surface area contributed by atoms with Gasteiger partial charge in [-0.2, -0.15) is 0 Å². The summed E-state index contributed by atoms with van der Waals surface area (Å²) in [7, 11) is 1.67. The Morgan fingerprint density at radius 3 is 2.78 bits per heavy atom. The van der Waals surface area contributed by atoms with Crippen molar-refractivity contribution >= 4 is 45.0 Å². The van der Waals surface area contributed by atoms with Crippen LogP contribution in [-0.4, -0.2) is 36.1 Å². The van der Waals surface area contributed by atoms with E-state index in [1.54, 1.807) is 36.9 Å². The van der Waals surface area contributed by atoms with Gasteiger partial charge in [0.15, 0.2) is 0 Å². The van der Waals surface area contributed by atoms with Gasteiger partial charge in [-0.1, -0.05) is 29.8 Å². The Balaban J connectivity index is 1.75. The summed E-state index contributed by atoms with van der Waals surface area (Å²) in [4.78, 5) is 19.5. The van der Waals surface area contributed by atoms with Crippen molar-refractivity contribution in [3.8, 4) is 0 Å². The molecule has 6 heteroatoms. The molecule has 0 atom stereocenters. The Morgan fingerprint density at radius 2 is 2.04 bits per heavy atom. The van der Waals surface area contributed by atoms with Gasteiger partial charge in [0.2, 0.25) is 5.91 Å². The van der Waals surface area contributed by atoms with Gasteiger partial charge in [0.05, 0.1) is 5.02 Å². The lowest BCUT2D eigenvalue weighted by Crippen LogP contribution is -2.30. The molecule has 0 saturated carbocycles. The number of carbonyl (C=O) groups is 1. The van der Waals surface area contributed by atoms with Crippen LogP contribution in [0.1, 0.15) is 16.9 Å². The molecule has 4 nitrogen and oxygen atoms in total. The van der Waals surface area contributed by atoms with E-state index in [1.807, 2.05) is 47.4 Å². The lowest BCUT2D eigenvalue weighted by Gasteiger charge is -2.21. The van der Waals surface area contributed by atoms with E-state index in [-0.39, 0.29) is 5.91 Å². The van der Waals surface area contributed by atoms with Gasteiger partial charge in [0.1, 0.15) is 0 Å². The number of hydrogen-bond donors (Lipinski definition) is 0. The maximum Gasteiger partial charge on any atom is 0.246 e. The van der Waals surface area contributed by atoms with Gasteiger partial charge in [-0.05, 0) is 36.3 Å². The number of nitrogens with zero attached hydrogens (tertiary/aromatic N) is 2. The molecule has 0 spiro atoms. The normalized spacial score (nSPS) is 11.3. The van der Waals surface area contributed by atoms with E-state index >= 15 is 0 Å². The van der Waals surface area contributed by atoms with Crippen LogP contribution in [-0.2, 0) is 16.1 Å². The van der Waals surface area contributed by atoms with Crippen LogP contribution in [0.2, 0.25) is 5.02 Å². The van der Waals surface area contributed by atoms with Gasteiger partial charge in [0.25, 0.3) is 0 Å². The van der Waals surface area contributed by atoms with E-state index < -0.39 is 0 Å². The number of rotatable bonds is 8. The summed E-state index contributed by atoms with van der Waals surface area (Å²) in [6.45, 7) is 1.78. The zero-order chi connectivity index (χ0) is 19.1. The molecule has 0 aliphatic rings. The first-order chi connectivity index (χ1) is 13.2. The van der Waals surface area contributed by atoms with Crippen molar-refractivity contribution in [1.29, 1.82) is 0 Å². The Kier molecular flexibility index (Phi) is 6.98. The Labute approximate surface area is 168 Å². The molecular weight excluding hydrogens is 380 g/mol. The number of benzene rings is 1. The highest BCUT2D eigenvalue weighted by atomic mass is 35.5. The smallest absolute Gasteiger partial charge is 0.246 e. The van der Waals surface area contributed by atoms with Crippen molar-refractivity contribution in [3.63, 3.8) is 0 Å². The number of pyridine rings is 1. The summed E-state index contributed by atoms with van der Waals surface area (Å²) in [5.41, 5.74) is 1.05. The number of ether oxygens (including phenoxy) is 1. The topological polar surface area (TPSA) is 42.4 Å². The highest BCUT2D eigenvalue weighted by Gasteiger charge is 2.13.